The summed E-state index contributed by atoms with van der Waals surface area (Å²) in [4.78, 5) is 11.7. The molecule has 0 saturated heterocycles. The van der Waals surface area contributed by atoms with Gasteiger partial charge in [0.15, 0.2) is 0 Å². The van der Waals surface area contributed by atoms with Crippen molar-refractivity contribution in [1.82, 2.24) is 4.72 Å². The number of amides is 1. The molecule has 0 saturated carbocycles. The third-order valence-electron chi connectivity index (χ3n) is 3.04. The Kier molecular flexibility index (Phi) is 5.25. The molecule has 0 aliphatic heterocycles. The van der Waals surface area contributed by atoms with Crippen molar-refractivity contribution < 1.29 is 26.4 Å². The van der Waals surface area contributed by atoms with E-state index in [-0.39, 0.29) is 10.6 Å². The number of rotatable bonds is 5. The molecule has 1 atom stereocenters. The highest BCUT2D eigenvalue weighted by Crippen LogP contribution is 2.16. The molecule has 128 valence electrons. The molecule has 2 aromatic carbocycles. The first-order chi connectivity index (χ1) is 11.2. The topological polar surface area (TPSA) is 75.3 Å². The Morgan fingerprint density at radius 3 is 2.17 bits per heavy atom. The van der Waals surface area contributed by atoms with Crippen LogP contribution >= 0.6 is 0 Å². The first-order valence-electron chi connectivity index (χ1n) is 6.73. The summed E-state index contributed by atoms with van der Waals surface area (Å²) in [5.41, 5.74) is -0.283. The van der Waals surface area contributed by atoms with E-state index < -0.39 is 39.4 Å². The van der Waals surface area contributed by atoms with Gasteiger partial charge in [-0.15, -0.1) is 0 Å². The van der Waals surface area contributed by atoms with Crippen LogP contribution < -0.4 is 10.0 Å². The van der Waals surface area contributed by atoms with Gasteiger partial charge in [0.1, 0.15) is 17.5 Å². The van der Waals surface area contributed by atoms with E-state index in [1.807, 2.05) is 0 Å². The molecule has 0 spiro atoms. The Bertz CT molecular complexity index is 855. The molecule has 0 aliphatic rings. The van der Waals surface area contributed by atoms with Gasteiger partial charge < -0.3 is 5.32 Å². The van der Waals surface area contributed by atoms with Gasteiger partial charge in [-0.25, -0.2) is 21.6 Å². The summed E-state index contributed by atoms with van der Waals surface area (Å²) >= 11 is 0. The number of nitrogens with one attached hydrogen (secondary N) is 2. The minimum atomic E-state index is -4.06. The fourth-order valence-electron chi connectivity index (χ4n) is 1.80. The average Bonchev–Trinajstić information content (AvgIpc) is 2.50. The van der Waals surface area contributed by atoms with E-state index in [1.165, 1.54) is 6.92 Å². The fraction of sp³-hybridized carbons (Fsp3) is 0.133. The zero-order valence-electron chi connectivity index (χ0n) is 12.4. The molecule has 0 fully saturated rings. The summed E-state index contributed by atoms with van der Waals surface area (Å²) < 4.78 is 65.4. The maximum Gasteiger partial charge on any atom is 0.242 e. The van der Waals surface area contributed by atoms with Crippen LogP contribution in [-0.4, -0.2) is 20.4 Å². The second-order valence-corrected chi connectivity index (χ2v) is 6.62. The largest absolute Gasteiger partial charge is 0.322 e. The third-order valence-corrected chi connectivity index (χ3v) is 4.59. The van der Waals surface area contributed by atoms with E-state index in [9.17, 15) is 26.4 Å². The predicted molar refractivity (Wildman–Crippen MR) is 81.2 cm³/mol. The van der Waals surface area contributed by atoms with Crippen molar-refractivity contribution in [2.24, 2.45) is 0 Å². The van der Waals surface area contributed by atoms with Gasteiger partial charge in [-0.05, 0) is 43.3 Å². The van der Waals surface area contributed by atoms with E-state index in [0.29, 0.717) is 6.07 Å². The van der Waals surface area contributed by atoms with Crippen molar-refractivity contribution in [1.29, 1.82) is 0 Å². The minimum Gasteiger partial charge on any atom is -0.322 e. The van der Waals surface area contributed by atoms with Gasteiger partial charge in [0.05, 0.1) is 16.6 Å². The number of halogens is 3. The van der Waals surface area contributed by atoms with Gasteiger partial charge >= 0.3 is 0 Å². The molecular formula is C15H13F3N2O3S. The molecule has 2 N–H and O–H groups in total. The van der Waals surface area contributed by atoms with Crippen LogP contribution in [0, 0.1) is 17.5 Å². The Balaban J connectivity index is 2.09. The summed E-state index contributed by atoms with van der Waals surface area (Å²) in [6.07, 6.45) is 0. The Morgan fingerprint density at radius 2 is 1.58 bits per heavy atom. The van der Waals surface area contributed by atoms with E-state index in [4.69, 9.17) is 0 Å². The smallest absolute Gasteiger partial charge is 0.242 e. The number of hydrogen-bond acceptors (Lipinski definition) is 3. The zero-order valence-corrected chi connectivity index (χ0v) is 13.2. The number of carbonyl (C=O) groups excluding carboxylic acids is 1. The van der Waals surface area contributed by atoms with Crippen molar-refractivity contribution in [2.75, 3.05) is 5.32 Å². The number of carbonyl (C=O) groups is 1. The summed E-state index contributed by atoms with van der Waals surface area (Å²) in [5.74, 6) is -3.25. The second kappa shape index (κ2) is 7.02. The highest BCUT2D eigenvalue weighted by molar-refractivity contribution is 7.89. The Labute approximate surface area is 136 Å². The molecule has 9 heteroatoms. The van der Waals surface area contributed by atoms with Crippen molar-refractivity contribution in [3.8, 4) is 0 Å². The van der Waals surface area contributed by atoms with Crippen LogP contribution in [0.4, 0.5) is 18.9 Å². The first-order valence-corrected chi connectivity index (χ1v) is 8.21. The van der Waals surface area contributed by atoms with Crippen LogP contribution in [-0.2, 0) is 14.8 Å². The van der Waals surface area contributed by atoms with Crippen molar-refractivity contribution in [3.63, 3.8) is 0 Å². The summed E-state index contributed by atoms with van der Waals surface area (Å²) in [6, 6.07) is 5.33. The maximum absolute atomic E-state index is 13.5. The van der Waals surface area contributed by atoms with Crippen molar-refractivity contribution in [2.45, 2.75) is 17.9 Å². The monoisotopic (exact) mass is 358 g/mol. The molecule has 0 aliphatic carbocycles. The molecule has 5 nitrogen and oxygen atoms in total. The van der Waals surface area contributed by atoms with E-state index in [2.05, 4.69) is 10.0 Å². The molecule has 0 heterocycles. The van der Waals surface area contributed by atoms with Gasteiger partial charge in [0.25, 0.3) is 0 Å². The second-order valence-electron chi connectivity index (χ2n) is 4.91. The van der Waals surface area contributed by atoms with Gasteiger partial charge in [-0.1, -0.05) is 0 Å². The van der Waals surface area contributed by atoms with Crippen LogP contribution in [0.1, 0.15) is 6.92 Å². The number of hydrogen-bond donors (Lipinski definition) is 2. The lowest BCUT2D eigenvalue weighted by atomic mass is 10.2. The van der Waals surface area contributed by atoms with E-state index in [0.717, 1.165) is 36.4 Å². The van der Waals surface area contributed by atoms with Gasteiger partial charge in [-0.2, -0.15) is 4.72 Å². The lowest BCUT2D eigenvalue weighted by Gasteiger charge is -2.15. The van der Waals surface area contributed by atoms with E-state index in [1.54, 1.807) is 0 Å². The van der Waals surface area contributed by atoms with Gasteiger partial charge in [0.2, 0.25) is 15.9 Å². The number of benzene rings is 2. The molecule has 0 radical (unpaired) electrons. The first kappa shape index (κ1) is 18.0. The minimum absolute atomic E-state index is 0.225. The normalized spacial score (nSPS) is 12.7. The fourth-order valence-corrected chi connectivity index (χ4v) is 3.00. The molecule has 0 unspecified atom stereocenters. The predicted octanol–water partition coefficient (Wildman–Crippen LogP) is 2.41. The van der Waals surface area contributed by atoms with Crippen molar-refractivity contribution in [3.05, 3.63) is 59.9 Å². The van der Waals surface area contributed by atoms with Crippen molar-refractivity contribution >= 4 is 21.6 Å². The molecule has 2 rings (SSSR count). The Hall–Kier alpha value is -2.39. The van der Waals surface area contributed by atoms with Crippen LogP contribution in [0.5, 0.6) is 0 Å². The van der Waals surface area contributed by atoms with Crippen LogP contribution in [0.2, 0.25) is 0 Å². The molecule has 24 heavy (non-hydrogen) atoms. The molecule has 0 bridgehead atoms. The summed E-state index contributed by atoms with van der Waals surface area (Å²) in [6.45, 7) is 1.25. The Morgan fingerprint density at radius 1 is 1.00 bits per heavy atom. The lowest BCUT2D eigenvalue weighted by Crippen LogP contribution is -2.41. The standard InChI is InChI=1S/C15H13F3N2O3S/c1-9(15(21)19-14-7-4-11(17)8-13(14)18)20-24(22,23)12-5-2-10(16)3-6-12/h2-9,20H,1H3,(H,19,21)/t9-/m0/s1. The molecule has 1 amide bonds. The highest BCUT2D eigenvalue weighted by Gasteiger charge is 2.22. The average molecular weight is 358 g/mol. The number of sulfonamides is 1. The van der Waals surface area contributed by atoms with Crippen LogP contribution in [0.15, 0.2) is 47.4 Å². The van der Waals surface area contributed by atoms with Crippen LogP contribution in [0.25, 0.3) is 0 Å². The SMILES string of the molecule is C[C@H](NS(=O)(=O)c1ccc(F)cc1)C(=O)Nc1ccc(F)cc1F. The number of anilines is 1. The molecular weight excluding hydrogens is 345 g/mol. The summed E-state index contributed by atoms with van der Waals surface area (Å²) in [5, 5.41) is 2.15. The lowest BCUT2D eigenvalue weighted by molar-refractivity contribution is -0.117. The zero-order chi connectivity index (χ0) is 17.9. The van der Waals surface area contributed by atoms with Gasteiger partial charge in [0, 0.05) is 6.07 Å². The van der Waals surface area contributed by atoms with Gasteiger partial charge in [-0.3, -0.25) is 4.79 Å². The third kappa shape index (κ3) is 4.33. The van der Waals surface area contributed by atoms with Crippen LogP contribution in [0.3, 0.4) is 0 Å². The molecule has 2 aromatic rings. The molecule has 0 aromatic heterocycles. The summed E-state index contributed by atoms with van der Waals surface area (Å²) in [7, 11) is -4.06. The quantitative estimate of drug-likeness (QED) is 0.862. The maximum atomic E-state index is 13.5. The highest BCUT2D eigenvalue weighted by atomic mass is 32.2. The van der Waals surface area contributed by atoms with E-state index >= 15 is 0 Å².